The van der Waals surface area contributed by atoms with E-state index in [1.807, 2.05) is 0 Å². The van der Waals surface area contributed by atoms with E-state index in [2.05, 4.69) is 13.8 Å². The summed E-state index contributed by atoms with van der Waals surface area (Å²) in [6.07, 6.45) is 8.41. The van der Waals surface area contributed by atoms with Crippen LogP contribution >= 0.6 is 0 Å². The SMILES string of the molecule is COC(=O)[C@H]1CC[C@]2(O)C3CCC4C[C@@H](O)CC[C@]4(C)C3CC[C@]12C. The largest absolute Gasteiger partial charge is 0.469 e. The van der Waals surface area contributed by atoms with Crippen molar-refractivity contribution in [3.63, 3.8) is 0 Å². The van der Waals surface area contributed by atoms with Crippen LogP contribution in [0.15, 0.2) is 0 Å². The zero-order valence-electron chi connectivity index (χ0n) is 16.0. The number of esters is 1. The summed E-state index contributed by atoms with van der Waals surface area (Å²) >= 11 is 0. The first-order chi connectivity index (χ1) is 11.8. The number of hydrogen-bond donors (Lipinski definition) is 2. The molecule has 2 N–H and O–H groups in total. The van der Waals surface area contributed by atoms with Crippen molar-refractivity contribution < 1.29 is 19.7 Å². The van der Waals surface area contributed by atoms with E-state index >= 15 is 0 Å². The van der Waals surface area contributed by atoms with Gasteiger partial charge in [-0.1, -0.05) is 13.8 Å². The van der Waals surface area contributed by atoms with Crippen molar-refractivity contribution in [3.8, 4) is 0 Å². The van der Waals surface area contributed by atoms with Crippen molar-refractivity contribution >= 4 is 5.97 Å². The number of hydrogen-bond acceptors (Lipinski definition) is 4. The first kappa shape index (κ1) is 17.8. The summed E-state index contributed by atoms with van der Waals surface area (Å²) in [5, 5.41) is 22.0. The van der Waals surface area contributed by atoms with Crippen LogP contribution in [-0.2, 0) is 9.53 Å². The lowest BCUT2D eigenvalue weighted by Crippen LogP contribution is -2.62. The topological polar surface area (TPSA) is 66.8 Å². The van der Waals surface area contributed by atoms with Gasteiger partial charge in [0, 0.05) is 5.41 Å². The van der Waals surface area contributed by atoms with Crippen LogP contribution in [0.25, 0.3) is 0 Å². The van der Waals surface area contributed by atoms with Gasteiger partial charge < -0.3 is 14.9 Å². The minimum atomic E-state index is -0.737. The zero-order chi connectivity index (χ0) is 18.0. The molecule has 4 fully saturated rings. The Kier molecular flexibility index (Phi) is 4.05. The highest BCUT2D eigenvalue weighted by Gasteiger charge is 2.68. The van der Waals surface area contributed by atoms with Crippen molar-refractivity contribution in [2.45, 2.75) is 83.3 Å². The van der Waals surface area contributed by atoms with Gasteiger partial charge in [0.1, 0.15) is 0 Å². The molecule has 0 radical (unpaired) electrons. The van der Waals surface area contributed by atoms with Gasteiger partial charge in [0.25, 0.3) is 0 Å². The van der Waals surface area contributed by atoms with Crippen LogP contribution in [0.3, 0.4) is 0 Å². The van der Waals surface area contributed by atoms with Gasteiger partial charge in [-0.3, -0.25) is 4.79 Å². The Balaban J connectivity index is 1.66. The Morgan fingerprint density at radius 2 is 1.76 bits per heavy atom. The molecular formula is C21H34O4. The number of rotatable bonds is 1. The molecule has 0 aromatic heterocycles. The number of aliphatic hydroxyl groups excluding tert-OH is 1. The molecule has 0 spiro atoms. The molecule has 4 aliphatic rings. The van der Waals surface area contributed by atoms with Crippen LogP contribution < -0.4 is 0 Å². The standard InChI is InChI=1S/C21H34O4/c1-19-9-6-14(22)12-13(19)4-5-16-15(19)7-10-20(2)17(18(23)25-3)8-11-21(16,20)24/h13-17,22,24H,4-12H2,1-3H3/t13?,14-,15?,16?,17+,19-,20+,21-/m0/s1. The first-order valence-corrected chi connectivity index (χ1v) is 10.2. The first-order valence-electron chi connectivity index (χ1n) is 10.2. The van der Waals surface area contributed by atoms with Crippen molar-refractivity contribution in [2.24, 2.45) is 34.5 Å². The Hall–Kier alpha value is -0.610. The van der Waals surface area contributed by atoms with Gasteiger partial charge in [-0.15, -0.1) is 0 Å². The minimum absolute atomic E-state index is 0.137. The quantitative estimate of drug-likeness (QED) is 0.712. The summed E-state index contributed by atoms with van der Waals surface area (Å²) in [5.41, 5.74) is -0.847. The molecule has 0 aromatic rings. The number of fused-ring (bicyclic) bond motifs is 5. The summed E-state index contributed by atoms with van der Waals surface area (Å²) in [7, 11) is 1.47. The molecular weight excluding hydrogens is 316 g/mol. The molecule has 0 saturated heterocycles. The molecule has 0 aliphatic heterocycles. The summed E-state index contributed by atoms with van der Waals surface area (Å²) in [5.74, 6) is 1.09. The smallest absolute Gasteiger partial charge is 0.309 e. The second-order valence-corrected chi connectivity index (χ2v) is 9.92. The van der Waals surface area contributed by atoms with Crippen LogP contribution in [0.4, 0.5) is 0 Å². The maximum absolute atomic E-state index is 12.3. The second-order valence-electron chi connectivity index (χ2n) is 9.92. The molecule has 4 heteroatoms. The fourth-order valence-electron chi connectivity index (χ4n) is 7.72. The molecule has 0 aromatic carbocycles. The van der Waals surface area contributed by atoms with Gasteiger partial charge in [-0.25, -0.2) is 0 Å². The van der Waals surface area contributed by atoms with E-state index in [9.17, 15) is 15.0 Å². The molecule has 4 aliphatic carbocycles. The van der Waals surface area contributed by atoms with Crippen LogP contribution in [-0.4, -0.2) is 35.0 Å². The normalized spacial score (nSPS) is 55.0. The van der Waals surface area contributed by atoms with Crippen LogP contribution in [0, 0.1) is 34.5 Å². The van der Waals surface area contributed by atoms with Crippen molar-refractivity contribution in [1.29, 1.82) is 0 Å². The molecule has 8 atom stereocenters. The van der Waals surface area contributed by atoms with E-state index in [1.54, 1.807) is 0 Å². The maximum Gasteiger partial charge on any atom is 0.309 e. The molecule has 3 unspecified atom stereocenters. The summed E-state index contributed by atoms with van der Waals surface area (Å²) in [4.78, 5) is 12.3. The van der Waals surface area contributed by atoms with E-state index in [4.69, 9.17) is 4.74 Å². The number of ether oxygens (including phenoxy) is 1. The molecule has 25 heavy (non-hydrogen) atoms. The van der Waals surface area contributed by atoms with E-state index in [0.29, 0.717) is 11.8 Å². The van der Waals surface area contributed by atoms with Gasteiger partial charge in [-0.05, 0) is 81.0 Å². The Morgan fingerprint density at radius 1 is 1.00 bits per heavy atom. The molecule has 4 nitrogen and oxygen atoms in total. The number of carbonyl (C=O) groups is 1. The summed E-state index contributed by atoms with van der Waals surface area (Å²) < 4.78 is 5.07. The molecule has 4 saturated carbocycles. The van der Waals surface area contributed by atoms with Crippen LogP contribution in [0.5, 0.6) is 0 Å². The predicted octanol–water partition coefficient (Wildman–Crippen LogP) is 3.29. The average Bonchev–Trinajstić information content (AvgIpc) is 2.86. The highest BCUT2D eigenvalue weighted by molar-refractivity contribution is 5.74. The van der Waals surface area contributed by atoms with E-state index in [0.717, 1.165) is 57.8 Å². The third-order valence-electron chi connectivity index (χ3n) is 9.31. The molecule has 142 valence electrons. The van der Waals surface area contributed by atoms with E-state index in [-0.39, 0.29) is 34.7 Å². The fraction of sp³-hybridized carbons (Fsp3) is 0.952. The van der Waals surface area contributed by atoms with Crippen molar-refractivity contribution in [2.75, 3.05) is 7.11 Å². The monoisotopic (exact) mass is 350 g/mol. The van der Waals surface area contributed by atoms with E-state index < -0.39 is 5.60 Å². The fourth-order valence-corrected chi connectivity index (χ4v) is 7.72. The predicted molar refractivity (Wildman–Crippen MR) is 94.7 cm³/mol. The van der Waals surface area contributed by atoms with Gasteiger partial charge >= 0.3 is 5.97 Å². The summed E-state index contributed by atoms with van der Waals surface area (Å²) in [6, 6.07) is 0. The Labute approximate surface area is 151 Å². The van der Waals surface area contributed by atoms with Crippen LogP contribution in [0.2, 0.25) is 0 Å². The van der Waals surface area contributed by atoms with Gasteiger partial charge in [0.2, 0.25) is 0 Å². The van der Waals surface area contributed by atoms with E-state index in [1.165, 1.54) is 7.11 Å². The van der Waals surface area contributed by atoms with Crippen LogP contribution in [0.1, 0.15) is 71.6 Å². The highest BCUT2D eigenvalue weighted by Crippen LogP contribution is 2.69. The molecule has 0 bridgehead atoms. The van der Waals surface area contributed by atoms with Crippen molar-refractivity contribution in [1.82, 2.24) is 0 Å². The maximum atomic E-state index is 12.3. The third-order valence-corrected chi connectivity index (χ3v) is 9.31. The molecule has 0 amide bonds. The lowest BCUT2D eigenvalue weighted by Gasteiger charge is -2.63. The Morgan fingerprint density at radius 3 is 2.48 bits per heavy atom. The lowest BCUT2D eigenvalue weighted by atomic mass is 9.43. The highest BCUT2D eigenvalue weighted by atomic mass is 16.5. The third kappa shape index (κ3) is 2.22. The number of aliphatic hydroxyl groups is 2. The molecule has 0 heterocycles. The van der Waals surface area contributed by atoms with Gasteiger partial charge in [0.05, 0.1) is 24.7 Å². The summed E-state index contributed by atoms with van der Waals surface area (Å²) in [6.45, 7) is 4.55. The lowest BCUT2D eigenvalue weighted by molar-refractivity contribution is -0.213. The number of methoxy groups -OCH3 is 1. The van der Waals surface area contributed by atoms with Gasteiger partial charge in [-0.2, -0.15) is 0 Å². The second kappa shape index (κ2) is 5.69. The van der Waals surface area contributed by atoms with Crippen molar-refractivity contribution in [3.05, 3.63) is 0 Å². The number of carbonyl (C=O) groups excluding carboxylic acids is 1. The Bertz CT molecular complexity index is 562. The minimum Gasteiger partial charge on any atom is -0.469 e. The zero-order valence-corrected chi connectivity index (χ0v) is 16.0. The average molecular weight is 350 g/mol. The molecule has 4 rings (SSSR count). The van der Waals surface area contributed by atoms with Gasteiger partial charge in [0.15, 0.2) is 0 Å².